The van der Waals surface area contributed by atoms with Crippen molar-refractivity contribution in [3.63, 3.8) is 0 Å². The zero-order valence-corrected chi connectivity index (χ0v) is 20.5. The van der Waals surface area contributed by atoms with Gasteiger partial charge in [-0.15, -0.1) is 11.3 Å². The lowest BCUT2D eigenvalue weighted by molar-refractivity contribution is -0.141. The van der Waals surface area contributed by atoms with Gasteiger partial charge < -0.3 is 20.2 Å². The first-order valence-corrected chi connectivity index (χ1v) is 12.0. The Morgan fingerprint density at radius 1 is 1.32 bits per heavy atom. The number of amides is 1. The molecule has 1 saturated heterocycles. The predicted molar refractivity (Wildman–Crippen MR) is 135 cm³/mol. The van der Waals surface area contributed by atoms with Crippen molar-refractivity contribution in [2.75, 3.05) is 26.0 Å². The third-order valence-corrected chi connectivity index (χ3v) is 7.24. The third-order valence-electron chi connectivity index (χ3n) is 6.05. The van der Waals surface area contributed by atoms with Gasteiger partial charge in [0, 0.05) is 42.6 Å². The van der Waals surface area contributed by atoms with Crippen LogP contribution >= 0.6 is 22.9 Å². The molecule has 178 valence electrons. The smallest absolute Gasteiger partial charge is 0.247 e. The Kier molecular flexibility index (Phi) is 7.57. The predicted octanol–water partition coefficient (Wildman–Crippen LogP) is 3.26. The lowest BCUT2D eigenvalue weighted by Gasteiger charge is -2.48. The SMILES string of the molecule is COCC1C(C=O)N(Cc2ccc3c(N)ncnc3c2)C(C)CN1C(=O)C=Cc1ccc(Cl)s1. The number of carbonyl (C=O) groups excluding carboxylic acids is 2. The standard InChI is InChI=1S/C24H26ClN5O3S/c1-15-10-30(23(32)8-5-17-4-7-22(25)34-17)21(13-33-2)20(12-31)29(15)11-16-3-6-18-19(9-16)27-14-28-24(18)26/h3-9,12,14-15,20-21H,10-11,13H2,1-2H3,(H2,26,27,28). The van der Waals surface area contributed by atoms with Crippen LogP contribution in [-0.4, -0.2) is 70.3 Å². The maximum Gasteiger partial charge on any atom is 0.247 e. The number of anilines is 1. The fraction of sp³-hybridized carbons (Fsp3) is 0.333. The number of hydrogen-bond donors (Lipinski definition) is 1. The van der Waals surface area contributed by atoms with Crippen LogP contribution in [0.2, 0.25) is 4.34 Å². The lowest BCUT2D eigenvalue weighted by atomic mass is 9.97. The van der Waals surface area contributed by atoms with Gasteiger partial charge >= 0.3 is 0 Å². The molecule has 1 aliphatic rings. The second-order valence-electron chi connectivity index (χ2n) is 8.25. The summed E-state index contributed by atoms with van der Waals surface area (Å²) in [4.78, 5) is 38.5. The molecule has 3 unspecified atom stereocenters. The zero-order valence-electron chi connectivity index (χ0n) is 18.9. The second-order valence-corrected chi connectivity index (χ2v) is 9.99. The molecule has 1 amide bonds. The number of aromatic nitrogens is 2. The highest BCUT2D eigenvalue weighted by molar-refractivity contribution is 7.17. The molecule has 0 bridgehead atoms. The number of aldehydes is 1. The van der Waals surface area contributed by atoms with Gasteiger partial charge in [-0.2, -0.15) is 0 Å². The highest BCUT2D eigenvalue weighted by atomic mass is 35.5. The van der Waals surface area contributed by atoms with E-state index in [9.17, 15) is 9.59 Å². The van der Waals surface area contributed by atoms with E-state index in [1.54, 1.807) is 24.2 Å². The van der Waals surface area contributed by atoms with Crippen LogP contribution in [0.25, 0.3) is 17.0 Å². The van der Waals surface area contributed by atoms with E-state index in [4.69, 9.17) is 22.1 Å². The molecule has 2 aromatic heterocycles. The van der Waals surface area contributed by atoms with Crippen molar-refractivity contribution in [3.8, 4) is 0 Å². The minimum absolute atomic E-state index is 0.0528. The number of ether oxygens (including phenoxy) is 1. The van der Waals surface area contributed by atoms with Gasteiger partial charge in [0.1, 0.15) is 18.4 Å². The number of nitrogens with two attached hydrogens (primary N) is 1. The summed E-state index contributed by atoms with van der Waals surface area (Å²) in [5.74, 6) is 0.267. The van der Waals surface area contributed by atoms with E-state index < -0.39 is 12.1 Å². The number of thiophene rings is 1. The van der Waals surface area contributed by atoms with Gasteiger partial charge in [0.2, 0.25) is 5.91 Å². The molecule has 3 heterocycles. The number of fused-ring (bicyclic) bond motifs is 1. The van der Waals surface area contributed by atoms with Crippen LogP contribution in [0, 0.1) is 0 Å². The Bertz CT molecular complexity index is 1220. The highest BCUT2D eigenvalue weighted by Gasteiger charge is 2.41. The zero-order chi connectivity index (χ0) is 24.2. The van der Waals surface area contributed by atoms with Crippen LogP contribution in [0.4, 0.5) is 5.82 Å². The fourth-order valence-electron chi connectivity index (χ4n) is 4.37. The van der Waals surface area contributed by atoms with Crippen LogP contribution in [-0.2, 0) is 20.9 Å². The Labute approximate surface area is 207 Å². The minimum Gasteiger partial charge on any atom is -0.383 e. The van der Waals surface area contributed by atoms with E-state index in [1.807, 2.05) is 31.2 Å². The number of methoxy groups -OCH3 is 1. The average Bonchev–Trinajstić information content (AvgIpc) is 3.25. The van der Waals surface area contributed by atoms with Crippen molar-refractivity contribution >= 4 is 57.9 Å². The molecule has 0 saturated carbocycles. The summed E-state index contributed by atoms with van der Waals surface area (Å²) in [5.41, 5.74) is 7.69. The van der Waals surface area contributed by atoms with Crippen molar-refractivity contribution in [3.05, 3.63) is 57.5 Å². The molecule has 1 fully saturated rings. The van der Waals surface area contributed by atoms with Gasteiger partial charge in [-0.05, 0) is 42.8 Å². The Balaban J connectivity index is 1.57. The molecule has 8 nitrogen and oxygen atoms in total. The van der Waals surface area contributed by atoms with E-state index in [-0.39, 0.29) is 18.6 Å². The molecular weight excluding hydrogens is 474 g/mol. The summed E-state index contributed by atoms with van der Waals surface area (Å²) >= 11 is 7.38. The largest absolute Gasteiger partial charge is 0.383 e. The van der Waals surface area contributed by atoms with Gasteiger partial charge in [0.25, 0.3) is 0 Å². The van der Waals surface area contributed by atoms with E-state index >= 15 is 0 Å². The van der Waals surface area contributed by atoms with Crippen LogP contribution in [0.3, 0.4) is 0 Å². The van der Waals surface area contributed by atoms with Crippen molar-refractivity contribution in [1.82, 2.24) is 19.8 Å². The monoisotopic (exact) mass is 499 g/mol. The summed E-state index contributed by atoms with van der Waals surface area (Å²) in [6, 6.07) is 8.48. The summed E-state index contributed by atoms with van der Waals surface area (Å²) in [6.07, 6.45) is 5.62. The van der Waals surface area contributed by atoms with E-state index in [2.05, 4.69) is 14.9 Å². The summed E-state index contributed by atoms with van der Waals surface area (Å²) < 4.78 is 6.08. The summed E-state index contributed by atoms with van der Waals surface area (Å²) in [6.45, 7) is 3.26. The number of hydrogen-bond acceptors (Lipinski definition) is 8. The first-order valence-electron chi connectivity index (χ1n) is 10.8. The molecule has 1 aromatic carbocycles. The number of nitrogen functional groups attached to an aromatic ring is 1. The number of benzene rings is 1. The van der Waals surface area contributed by atoms with E-state index in [0.29, 0.717) is 23.2 Å². The number of rotatable bonds is 7. The van der Waals surface area contributed by atoms with Gasteiger partial charge in [0.15, 0.2) is 0 Å². The maximum atomic E-state index is 13.1. The Morgan fingerprint density at radius 2 is 2.15 bits per heavy atom. The van der Waals surface area contributed by atoms with Gasteiger partial charge in [-0.25, -0.2) is 9.97 Å². The van der Waals surface area contributed by atoms with E-state index in [0.717, 1.165) is 27.6 Å². The first kappa shape index (κ1) is 24.3. The Morgan fingerprint density at radius 3 is 2.85 bits per heavy atom. The summed E-state index contributed by atoms with van der Waals surface area (Å²) in [5, 5.41) is 0.790. The van der Waals surface area contributed by atoms with Gasteiger partial charge in [-0.3, -0.25) is 9.69 Å². The molecule has 10 heteroatoms. The molecule has 3 atom stereocenters. The first-order chi connectivity index (χ1) is 16.4. The van der Waals surface area contributed by atoms with Crippen LogP contribution in [0.5, 0.6) is 0 Å². The minimum atomic E-state index is -0.525. The molecule has 0 radical (unpaired) electrons. The van der Waals surface area contributed by atoms with Crippen molar-refractivity contribution in [2.45, 2.75) is 31.6 Å². The molecule has 0 aliphatic carbocycles. The topological polar surface area (TPSA) is 102 Å². The summed E-state index contributed by atoms with van der Waals surface area (Å²) in [7, 11) is 1.57. The molecule has 1 aliphatic heterocycles. The number of carbonyl (C=O) groups is 2. The molecule has 4 rings (SSSR count). The molecule has 34 heavy (non-hydrogen) atoms. The van der Waals surface area contributed by atoms with Crippen LogP contribution < -0.4 is 5.73 Å². The molecule has 3 aromatic rings. The molecule has 0 spiro atoms. The highest BCUT2D eigenvalue weighted by Crippen LogP contribution is 2.27. The normalized spacial score (nSPS) is 21.4. The van der Waals surface area contributed by atoms with Crippen LogP contribution in [0.15, 0.2) is 42.7 Å². The number of nitrogens with zero attached hydrogens (tertiary/aromatic N) is 4. The molecular formula is C24H26ClN5O3S. The third kappa shape index (κ3) is 5.12. The van der Waals surface area contributed by atoms with Gasteiger partial charge in [0.05, 0.1) is 28.5 Å². The van der Waals surface area contributed by atoms with Gasteiger partial charge in [-0.1, -0.05) is 17.7 Å². The maximum absolute atomic E-state index is 13.1. The fourth-order valence-corrected chi connectivity index (χ4v) is 5.33. The van der Waals surface area contributed by atoms with E-state index in [1.165, 1.54) is 23.7 Å². The van der Waals surface area contributed by atoms with Crippen LogP contribution in [0.1, 0.15) is 17.4 Å². The van der Waals surface area contributed by atoms with Crippen molar-refractivity contribution < 1.29 is 14.3 Å². The van der Waals surface area contributed by atoms with Crippen molar-refractivity contribution in [1.29, 1.82) is 0 Å². The Hall–Kier alpha value is -2.85. The number of piperazine rings is 1. The lowest BCUT2D eigenvalue weighted by Crippen LogP contribution is -2.65. The second kappa shape index (κ2) is 10.6. The van der Waals surface area contributed by atoms with Crippen molar-refractivity contribution in [2.24, 2.45) is 0 Å². The molecule has 2 N–H and O–H groups in total. The quantitative estimate of drug-likeness (QED) is 0.393. The average molecular weight is 500 g/mol. The number of halogens is 1.